The van der Waals surface area contributed by atoms with E-state index in [9.17, 15) is 4.79 Å². The van der Waals surface area contributed by atoms with Crippen molar-refractivity contribution < 1.29 is 4.74 Å². The zero-order valence-corrected chi connectivity index (χ0v) is 10.4. The first-order chi connectivity index (χ1) is 8.70. The molecule has 0 aliphatic heterocycles. The molecule has 2 rings (SSSR count). The van der Waals surface area contributed by atoms with Gasteiger partial charge in [0.15, 0.2) is 11.6 Å². The van der Waals surface area contributed by atoms with E-state index in [0.717, 1.165) is 5.69 Å². The highest BCUT2D eigenvalue weighted by molar-refractivity contribution is 5.61. The summed E-state index contributed by atoms with van der Waals surface area (Å²) in [5.41, 5.74) is 0.696. The zero-order valence-electron chi connectivity index (χ0n) is 10.4. The standard InChI is InChI=1S/C13H15N3O2/c1-3-18-11-9-12(17)16(2)15-13(11)14-10-7-5-4-6-8-10/h4-9H,3H2,1-2H3,(H,14,15). The molecule has 0 fully saturated rings. The number of nitrogens with zero attached hydrogens (tertiary/aromatic N) is 2. The second-order valence-electron chi connectivity index (χ2n) is 3.74. The number of nitrogens with one attached hydrogen (secondary N) is 1. The van der Waals surface area contributed by atoms with E-state index in [2.05, 4.69) is 10.4 Å². The number of aryl methyl sites for hydroxylation is 1. The molecular weight excluding hydrogens is 230 g/mol. The van der Waals surface area contributed by atoms with Crippen molar-refractivity contribution in [2.24, 2.45) is 7.05 Å². The van der Waals surface area contributed by atoms with Crippen LogP contribution in [-0.2, 0) is 7.05 Å². The lowest BCUT2D eigenvalue weighted by molar-refractivity contribution is 0.338. The van der Waals surface area contributed by atoms with Crippen LogP contribution in [0.2, 0.25) is 0 Å². The van der Waals surface area contributed by atoms with Gasteiger partial charge >= 0.3 is 0 Å². The first-order valence-electron chi connectivity index (χ1n) is 5.74. The lowest BCUT2D eigenvalue weighted by Gasteiger charge is -2.11. The van der Waals surface area contributed by atoms with E-state index >= 15 is 0 Å². The number of benzene rings is 1. The maximum atomic E-state index is 11.5. The molecule has 0 amide bonds. The van der Waals surface area contributed by atoms with Gasteiger partial charge in [-0.1, -0.05) is 18.2 Å². The van der Waals surface area contributed by atoms with Gasteiger partial charge in [0.25, 0.3) is 5.56 Å². The summed E-state index contributed by atoms with van der Waals surface area (Å²) in [6, 6.07) is 11.0. The SMILES string of the molecule is CCOc1cc(=O)n(C)nc1Nc1ccccc1. The van der Waals surface area contributed by atoms with Crippen LogP contribution in [0.5, 0.6) is 5.75 Å². The van der Waals surface area contributed by atoms with Crippen molar-refractivity contribution in [3.05, 3.63) is 46.8 Å². The van der Waals surface area contributed by atoms with Crippen LogP contribution in [0.4, 0.5) is 11.5 Å². The van der Waals surface area contributed by atoms with Crippen LogP contribution in [0.1, 0.15) is 6.92 Å². The highest BCUT2D eigenvalue weighted by Gasteiger charge is 2.08. The first-order valence-corrected chi connectivity index (χ1v) is 5.74. The van der Waals surface area contributed by atoms with Crippen molar-refractivity contribution in [2.75, 3.05) is 11.9 Å². The zero-order chi connectivity index (χ0) is 13.0. The minimum atomic E-state index is -0.197. The molecule has 1 aromatic carbocycles. The van der Waals surface area contributed by atoms with Crippen LogP contribution in [0.3, 0.4) is 0 Å². The molecule has 0 radical (unpaired) electrons. The Morgan fingerprint density at radius 3 is 2.72 bits per heavy atom. The molecule has 5 nitrogen and oxygen atoms in total. The van der Waals surface area contributed by atoms with E-state index < -0.39 is 0 Å². The van der Waals surface area contributed by atoms with E-state index in [1.807, 2.05) is 37.3 Å². The van der Waals surface area contributed by atoms with Crippen LogP contribution in [-0.4, -0.2) is 16.4 Å². The molecule has 0 atom stereocenters. The maximum Gasteiger partial charge on any atom is 0.270 e. The van der Waals surface area contributed by atoms with Gasteiger partial charge in [0.2, 0.25) is 0 Å². The van der Waals surface area contributed by atoms with Gasteiger partial charge in [-0.3, -0.25) is 4.79 Å². The molecule has 1 heterocycles. The molecule has 0 aliphatic carbocycles. The van der Waals surface area contributed by atoms with Crippen LogP contribution >= 0.6 is 0 Å². The second-order valence-corrected chi connectivity index (χ2v) is 3.74. The Balaban J connectivity index is 2.37. The van der Waals surface area contributed by atoms with Crippen LogP contribution in [0.15, 0.2) is 41.2 Å². The van der Waals surface area contributed by atoms with E-state index in [1.165, 1.54) is 10.7 Å². The molecule has 0 spiro atoms. The third-order valence-corrected chi connectivity index (χ3v) is 2.39. The highest BCUT2D eigenvalue weighted by atomic mass is 16.5. The summed E-state index contributed by atoms with van der Waals surface area (Å²) >= 11 is 0. The van der Waals surface area contributed by atoms with Crippen molar-refractivity contribution in [2.45, 2.75) is 6.92 Å². The number of hydrogen-bond donors (Lipinski definition) is 1. The van der Waals surface area contributed by atoms with E-state index in [1.54, 1.807) is 7.05 Å². The van der Waals surface area contributed by atoms with E-state index in [0.29, 0.717) is 18.2 Å². The fourth-order valence-electron chi connectivity index (χ4n) is 1.53. The normalized spacial score (nSPS) is 10.1. The summed E-state index contributed by atoms with van der Waals surface area (Å²) in [7, 11) is 1.61. The van der Waals surface area contributed by atoms with Gasteiger partial charge in [0.1, 0.15) is 0 Å². The number of anilines is 2. The van der Waals surface area contributed by atoms with Gasteiger partial charge in [-0.25, -0.2) is 4.68 Å². The third kappa shape index (κ3) is 2.68. The number of ether oxygens (including phenoxy) is 1. The molecule has 0 saturated carbocycles. The Morgan fingerprint density at radius 1 is 1.33 bits per heavy atom. The molecule has 1 N–H and O–H groups in total. The maximum absolute atomic E-state index is 11.5. The van der Waals surface area contributed by atoms with Gasteiger partial charge < -0.3 is 10.1 Å². The predicted octanol–water partition coefficient (Wildman–Crippen LogP) is 1.92. The third-order valence-electron chi connectivity index (χ3n) is 2.39. The summed E-state index contributed by atoms with van der Waals surface area (Å²) in [5, 5.41) is 7.28. The summed E-state index contributed by atoms with van der Waals surface area (Å²) in [5.74, 6) is 0.995. The first kappa shape index (κ1) is 12.2. The summed E-state index contributed by atoms with van der Waals surface area (Å²) in [6.45, 7) is 2.35. The average molecular weight is 245 g/mol. The van der Waals surface area contributed by atoms with Gasteiger partial charge in [0, 0.05) is 12.7 Å². The Morgan fingerprint density at radius 2 is 2.06 bits per heavy atom. The van der Waals surface area contributed by atoms with Crippen molar-refractivity contribution in [3.8, 4) is 5.75 Å². The molecule has 18 heavy (non-hydrogen) atoms. The van der Waals surface area contributed by atoms with E-state index in [-0.39, 0.29) is 5.56 Å². The Kier molecular flexibility index (Phi) is 3.62. The number of para-hydroxylation sites is 1. The van der Waals surface area contributed by atoms with Crippen molar-refractivity contribution >= 4 is 11.5 Å². The highest BCUT2D eigenvalue weighted by Crippen LogP contribution is 2.23. The van der Waals surface area contributed by atoms with Gasteiger partial charge in [-0.05, 0) is 19.1 Å². The summed E-state index contributed by atoms with van der Waals surface area (Å²) in [4.78, 5) is 11.5. The van der Waals surface area contributed by atoms with E-state index in [4.69, 9.17) is 4.74 Å². The van der Waals surface area contributed by atoms with Gasteiger partial charge in [0.05, 0.1) is 12.7 Å². The number of rotatable bonds is 4. The van der Waals surface area contributed by atoms with Gasteiger partial charge in [-0.15, -0.1) is 5.10 Å². The molecule has 2 aromatic rings. The summed E-state index contributed by atoms with van der Waals surface area (Å²) in [6.07, 6.45) is 0. The monoisotopic (exact) mass is 245 g/mol. The molecule has 5 heteroatoms. The Hall–Kier alpha value is -2.30. The number of hydrogen-bond acceptors (Lipinski definition) is 4. The molecule has 1 aromatic heterocycles. The lowest BCUT2D eigenvalue weighted by atomic mass is 10.3. The Labute approximate surface area is 105 Å². The van der Waals surface area contributed by atoms with Crippen molar-refractivity contribution in [1.82, 2.24) is 9.78 Å². The smallest absolute Gasteiger partial charge is 0.270 e. The van der Waals surface area contributed by atoms with Crippen LogP contribution in [0, 0.1) is 0 Å². The topological polar surface area (TPSA) is 56.2 Å². The lowest BCUT2D eigenvalue weighted by Crippen LogP contribution is -2.20. The molecule has 0 saturated heterocycles. The average Bonchev–Trinajstić information content (AvgIpc) is 2.37. The fraction of sp³-hybridized carbons (Fsp3) is 0.231. The summed E-state index contributed by atoms with van der Waals surface area (Å²) < 4.78 is 6.68. The van der Waals surface area contributed by atoms with Crippen LogP contribution < -0.4 is 15.6 Å². The van der Waals surface area contributed by atoms with Crippen molar-refractivity contribution in [3.63, 3.8) is 0 Å². The predicted molar refractivity (Wildman–Crippen MR) is 70.4 cm³/mol. The molecule has 0 aliphatic rings. The molecular formula is C13H15N3O2. The largest absolute Gasteiger partial charge is 0.490 e. The van der Waals surface area contributed by atoms with Crippen molar-refractivity contribution in [1.29, 1.82) is 0 Å². The van der Waals surface area contributed by atoms with Gasteiger partial charge in [-0.2, -0.15) is 0 Å². The fourth-order valence-corrected chi connectivity index (χ4v) is 1.53. The molecule has 94 valence electrons. The minimum Gasteiger partial charge on any atom is -0.490 e. The quantitative estimate of drug-likeness (QED) is 0.894. The minimum absolute atomic E-state index is 0.197. The second kappa shape index (κ2) is 5.35. The Bertz CT molecular complexity index is 579. The van der Waals surface area contributed by atoms with Crippen LogP contribution in [0.25, 0.3) is 0 Å². The molecule has 0 bridgehead atoms. The number of aromatic nitrogens is 2. The molecule has 0 unspecified atom stereocenters.